The summed E-state index contributed by atoms with van der Waals surface area (Å²) < 4.78 is 18.9. The molecular weight excluding hydrogens is 249 g/mol. The van der Waals surface area contributed by atoms with E-state index in [1.807, 2.05) is 0 Å². The maximum atomic E-state index is 13.6. The van der Waals surface area contributed by atoms with Crippen molar-refractivity contribution in [2.24, 2.45) is 0 Å². The Hall–Kier alpha value is -2.14. The highest BCUT2D eigenvalue weighted by Gasteiger charge is 2.17. The highest BCUT2D eigenvalue weighted by molar-refractivity contribution is 5.91. The normalized spacial score (nSPS) is 10.5. The van der Waals surface area contributed by atoms with E-state index in [9.17, 15) is 9.18 Å². The van der Waals surface area contributed by atoms with Crippen LogP contribution in [-0.2, 0) is 0 Å². The zero-order valence-electron chi connectivity index (χ0n) is 10.5. The van der Waals surface area contributed by atoms with E-state index in [-0.39, 0.29) is 24.8 Å². The fourth-order valence-electron chi connectivity index (χ4n) is 1.70. The first-order valence-electron chi connectivity index (χ1n) is 5.84. The standard InChI is InChI=1S/C14H14FNO3/c1-16(8-9-17)14(18)13-7-6-12(19-13)10-4-2-3-5-11(10)15/h2-7,17H,8-9H2,1H3. The first-order chi connectivity index (χ1) is 9.13. The van der Waals surface area contributed by atoms with Gasteiger partial charge in [-0.15, -0.1) is 0 Å². The highest BCUT2D eigenvalue weighted by atomic mass is 19.1. The average Bonchev–Trinajstić information content (AvgIpc) is 2.88. The predicted molar refractivity (Wildman–Crippen MR) is 68.1 cm³/mol. The summed E-state index contributed by atoms with van der Waals surface area (Å²) in [6.45, 7) is 0.0949. The van der Waals surface area contributed by atoms with Crippen LogP contribution in [0.2, 0.25) is 0 Å². The summed E-state index contributed by atoms with van der Waals surface area (Å²) in [4.78, 5) is 13.2. The Labute approximate surface area is 110 Å². The summed E-state index contributed by atoms with van der Waals surface area (Å²) in [6, 6.07) is 9.25. The van der Waals surface area contributed by atoms with Gasteiger partial charge in [-0.1, -0.05) is 12.1 Å². The summed E-state index contributed by atoms with van der Waals surface area (Å²) in [5, 5.41) is 8.78. The Balaban J connectivity index is 2.25. The van der Waals surface area contributed by atoms with Crippen LogP contribution in [0.3, 0.4) is 0 Å². The van der Waals surface area contributed by atoms with Crippen molar-refractivity contribution < 1.29 is 18.7 Å². The molecule has 1 amide bonds. The van der Waals surface area contributed by atoms with Gasteiger partial charge in [0, 0.05) is 13.6 Å². The second kappa shape index (κ2) is 5.67. The topological polar surface area (TPSA) is 53.7 Å². The fraction of sp³-hybridized carbons (Fsp3) is 0.214. The quantitative estimate of drug-likeness (QED) is 0.919. The number of carbonyl (C=O) groups is 1. The molecule has 0 aliphatic carbocycles. The van der Waals surface area contributed by atoms with E-state index in [1.165, 1.54) is 17.0 Å². The zero-order valence-corrected chi connectivity index (χ0v) is 10.5. The molecule has 0 atom stereocenters. The fourth-order valence-corrected chi connectivity index (χ4v) is 1.70. The van der Waals surface area contributed by atoms with Crippen LogP contribution in [-0.4, -0.2) is 36.1 Å². The van der Waals surface area contributed by atoms with Crippen LogP contribution < -0.4 is 0 Å². The third-order valence-electron chi connectivity index (χ3n) is 2.74. The van der Waals surface area contributed by atoms with Crippen LogP contribution in [0.15, 0.2) is 40.8 Å². The Kier molecular flexibility index (Phi) is 3.97. The average molecular weight is 263 g/mol. The van der Waals surface area contributed by atoms with E-state index >= 15 is 0 Å². The van der Waals surface area contributed by atoms with Gasteiger partial charge in [-0.25, -0.2) is 4.39 Å². The number of furan rings is 1. The first-order valence-corrected chi connectivity index (χ1v) is 5.84. The van der Waals surface area contributed by atoms with Gasteiger partial charge >= 0.3 is 0 Å². The minimum atomic E-state index is -0.403. The van der Waals surface area contributed by atoms with Crippen LogP contribution >= 0.6 is 0 Å². The molecule has 4 nitrogen and oxygen atoms in total. The van der Waals surface area contributed by atoms with Gasteiger partial charge in [0.2, 0.25) is 0 Å². The molecule has 0 aliphatic rings. The minimum Gasteiger partial charge on any atom is -0.451 e. The monoisotopic (exact) mass is 263 g/mol. The summed E-state index contributed by atoms with van der Waals surface area (Å²) in [6.07, 6.45) is 0. The molecule has 2 aromatic rings. The number of likely N-dealkylation sites (N-methyl/N-ethyl adjacent to an activating group) is 1. The molecule has 100 valence electrons. The van der Waals surface area contributed by atoms with E-state index < -0.39 is 5.82 Å². The Morgan fingerprint density at radius 2 is 2.05 bits per heavy atom. The van der Waals surface area contributed by atoms with E-state index in [0.717, 1.165) is 0 Å². The maximum absolute atomic E-state index is 13.6. The summed E-state index contributed by atoms with van der Waals surface area (Å²) in [5.41, 5.74) is 0.311. The van der Waals surface area contributed by atoms with Crippen LogP contribution in [0.5, 0.6) is 0 Å². The Morgan fingerprint density at radius 3 is 2.74 bits per heavy atom. The van der Waals surface area contributed by atoms with Crippen molar-refractivity contribution in [2.45, 2.75) is 0 Å². The van der Waals surface area contributed by atoms with Gasteiger partial charge < -0.3 is 14.4 Å². The molecule has 5 heteroatoms. The van der Waals surface area contributed by atoms with Crippen molar-refractivity contribution in [1.82, 2.24) is 4.90 Å². The third-order valence-corrected chi connectivity index (χ3v) is 2.74. The summed E-state index contributed by atoms with van der Waals surface area (Å²) in [5.74, 6) is -0.329. The van der Waals surface area contributed by atoms with Gasteiger partial charge in [-0.3, -0.25) is 4.79 Å². The lowest BCUT2D eigenvalue weighted by Gasteiger charge is -2.13. The number of carbonyl (C=O) groups excluding carboxylic acids is 1. The molecule has 0 bridgehead atoms. The molecule has 0 fully saturated rings. The molecule has 0 saturated carbocycles. The number of aliphatic hydroxyl groups is 1. The smallest absolute Gasteiger partial charge is 0.289 e. The molecule has 1 heterocycles. The molecule has 2 rings (SSSR count). The molecule has 1 N–H and O–H groups in total. The highest BCUT2D eigenvalue weighted by Crippen LogP contribution is 2.25. The van der Waals surface area contributed by atoms with Gasteiger partial charge in [0.05, 0.1) is 12.2 Å². The predicted octanol–water partition coefficient (Wildman–Crippen LogP) is 2.15. The molecule has 0 saturated heterocycles. The minimum absolute atomic E-state index is 0.120. The number of hydrogen-bond acceptors (Lipinski definition) is 3. The van der Waals surface area contributed by atoms with Crippen molar-refractivity contribution in [3.63, 3.8) is 0 Å². The van der Waals surface area contributed by atoms with E-state index in [1.54, 1.807) is 31.3 Å². The van der Waals surface area contributed by atoms with Crippen LogP contribution in [0.25, 0.3) is 11.3 Å². The number of nitrogens with zero attached hydrogens (tertiary/aromatic N) is 1. The van der Waals surface area contributed by atoms with Crippen LogP contribution in [0, 0.1) is 5.82 Å². The summed E-state index contributed by atoms with van der Waals surface area (Å²) >= 11 is 0. The lowest BCUT2D eigenvalue weighted by atomic mass is 10.1. The second-order valence-corrected chi connectivity index (χ2v) is 4.09. The molecule has 0 spiro atoms. The molecule has 0 aliphatic heterocycles. The number of benzene rings is 1. The third kappa shape index (κ3) is 2.82. The van der Waals surface area contributed by atoms with E-state index in [4.69, 9.17) is 9.52 Å². The van der Waals surface area contributed by atoms with Crippen molar-refractivity contribution in [3.8, 4) is 11.3 Å². The van der Waals surface area contributed by atoms with Gasteiger partial charge in [0.15, 0.2) is 5.76 Å². The van der Waals surface area contributed by atoms with Gasteiger partial charge in [0.25, 0.3) is 5.91 Å². The molecular formula is C14H14FNO3. The number of halogens is 1. The number of hydrogen-bond donors (Lipinski definition) is 1. The van der Waals surface area contributed by atoms with Gasteiger partial charge in [-0.2, -0.15) is 0 Å². The van der Waals surface area contributed by atoms with Crippen LogP contribution in [0.4, 0.5) is 4.39 Å². The second-order valence-electron chi connectivity index (χ2n) is 4.09. The molecule has 0 unspecified atom stereocenters. The van der Waals surface area contributed by atoms with Crippen molar-refractivity contribution in [2.75, 3.05) is 20.2 Å². The van der Waals surface area contributed by atoms with E-state index in [0.29, 0.717) is 11.3 Å². The largest absolute Gasteiger partial charge is 0.451 e. The van der Waals surface area contributed by atoms with Gasteiger partial charge in [0.1, 0.15) is 11.6 Å². The molecule has 19 heavy (non-hydrogen) atoms. The SMILES string of the molecule is CN(CCO)C(=O)c1ccc(-c2ccccc2F)o1. The number of rotatable bonds is 4. The molecule has 1 aromatic heterocycles. The van der Waals surface area contributed by atoms with Crippen LogP contribution in [0.1, 0.15) is 10.6 Å². The zero-order chi connectivity index (χ0) is 13.8. The first kappa shape index (κ1) is 13.3. The van der Waals surface area contributed by atoms with Crippen molar-refractivity contribution in [3.05, 3.63) is 48.0 Å². The molecule has 1 aromatic carbocycles. The van der Waals surface area contributed by atoms with Crippen molar-refractivity contribution >= 4 is 5.91 Å². The lowest BCUT2D eigenvalue weighted by Crippen LogP contribution is -2.29. The maximum Gasteiger partial charge on any atom is 0.289 e. The molecule has 0 radical (unpaired) electrons. The van der Waals surface area contributed by atoms with Crippen molar-refractivity contribution in [1.29, 1.82) is 0 Å². The summed E-state index contributed by atoms with van der Waals surface area (Å²) in [7, 11) is 1.56. The van der Waals surface area contributed by atoms with Gasteiger partial charge in [-0.05, 0) is 24.3 Å². The number of aliphatic hydroxyl groups excluding tert-OH is 1. The Morgan fingerprint density at radius 1 is 1.32 bits per heavy atom. The Bertz CT molecular complexity index is 580. The van der Waals surface area contributed by atoms with E-state index in [2.05, 4.69) is 0 Å². The number of amides is 1. The lowest BCUT2D eigenvalue weighted by molar-refractivity contribution is 0.0736.